The number of carbonyl (C=O) groups excluding carboxylic acids is 2. The van der Waals surface area contributed by atoms with Crippen LogP contribution < -0.4 is 5.32 Å². The lowest BCUT2D eigenvalue weighted by atomic mass is 10.2. The molecule has 1 heterocycles. The van der Waals surface area contributed by atoms with Gasteiger partial charge in [-0.15, -0.1) is 0 Å². The highest BCUT2D eigenvalue weighted by atomic mass is 16.5. The van der Waals surface area contributed by atoms with Crippen molar-refractivity contribution in [3.8, 4) is 0 Å². The van der Waals surface area contributed by atoms with Crippen LogP contribution in [-0.2, 0) is 9.53 Å². The van der Waals surface area contributed by atoms with Crippen molar-refractivity contribution in [3.05, 3.63) is 0 Å². The van der Waals surface area contributed by atoms with E-state index in [1.54, 1.807) is 16.9 Å². The van der Waals surface area contributed by atoms with Gasteiger partial charge in [0.25, 0.3) is 0 Å². The highest BCUT2D eigenvalue weighted by Crippen LogP contribution is 2.29. The minimum atomic E-state index is -0.171. The Balaban J connectivity index is 1.84. The van der Waals surface area contributed by atoms with E-state index in [4.69, 9.17) is 4.74 Å². The highest BCUT2D eigenvalue weighted by molar-refractivity contribution is 5.87. The Bertz CT molecular complexity index is 331. The summed E-state index contributed by atoms with van der Waals surface area (Å²) < 4.78 is 5.04. The molecule has 1 unspecified atom stereocenters. The van der Waals surface area contributed by atoms with Gasteiger partial charge < -0.3 is 15.0 Å². The van der Waals surface area contributed by atoms with Gasteiger partial charge in [0.1, 0.15) is 6.54 Å². The van der Waals surface area contributed by atoms with Gasteiger partial charge in [-0.3, -0.25) is 9.69 Å². The molecule has 6 nitrogen and oxygen atoms in total. The number of nitrogens with zero attached hydrogens (tertiary/aromatic N) is 2. The van der Waals surface area contributed by atoms with Gasteiger partial charge in [-0.05, 0) is 19.3 Å². The molecule has 102 valence electrons. The Morgan fingerprint density at radius 1 is 1.56 bits per heavy atom. The lowest BCUT2D eigenvalue weighted by Crippen LogP contribution is -2.46. The molecular weight excluding hydrogens is 234 g/mol. The van der Waals surface area contributed by atoms with Crippen molar-refractivity contribution in [1.29, 1.82) is 0 Å². The van der Waals surface area contributed by atoms with Crippen molar-refractivity contribution < 1.29 is 14.3 Å². The number of nitrogens with one attached hydrogen (secondary N) is 1. The van der Waals surface area contributed by atoms with Crippen LogP contribution in [0.25, 0.3) is 0 Å². The Kier molecular flexibility index (Phi) is 4.06. The van der Waals surface area contributed by atoms with E-state index in [9.17, 15) is 9.59 Å². The normalized spacial score (nSPS) is 21.3. The van der Waals surface area contributed by atoms with Crippen molar-refractivity contribution in [2.75, 3.05) is 26.9 Å². The van der Waals surface area contributed by atoms with Gasteiger partial charge in [-0.2, -0.15) is 0 Å². The molecule has 1 saturated heterocycles. The summed E-state index contributed by atoms with van der Waals surface area (Å²) >= 11 is 0. The smallest absolute Gasteiger partial charge is 0.319 e. The highest BCUT2D eigenvalue weighted by Gasteiger charge is 2.40. The molecule has 2 fully saturated rings. The molecular formula is C12H21N3O3. The van der Waals surface area contributed by atoms with Crippen LogP contribution in [-0.4, -0.2) is 60.8 Å². The van der Waals surface area contributed by atoms with E-state index in [1.807, 2.05) is 6.92 Å². The quantitative estimate of drug-likeness (QED) is 0.773. The van der Waals surface area contributed by atoms with E-state index in [0.717, 1.165) is 19.3 Å². The minimum absolute atomic E-state index is 0.00702. The van der Waals surface area contributed by atoms with E-state index in [2.05, 4.69) is 5.32 Å². The molecule has 1 N–H and O–H groups in total. The predicted molar refractivity (Wildman–Crippen MR) is 65.9 cm³/mol. The second-order valence-corrected chi connectivity index (χ2v) is 4.94. The third-order valence-corrected chi connectivity index (χ3v) is 3.43. The standard InChI is InChI=1S/C12H21N3O3/c1-3-9(7-18-2)13-12(17)14-6-11(16)15(8-14)10-4-5-10/h9-10H,3-8H2,1-2H3,(H,13,17). The predicted octanol–water partition coefficient (Wildman–Crippen LogP) is 0.385. The van der Waals surface area contributed by atoms with Crippen molar-refractivity contribution >= 4 is 11.9 Å². The van der Waals surface area contributed by atoms with E-state index >= 15 is 0 Å². The van der Waals surface area contributed by atoms with Crippen LogP contribution in [0.2, 0.25) is 0 Å². The number of hydrogen-bond donors (Lipinski definition) is 1. The second kappa shape index (κ2) is 5.56. The Morgan fingerprint density at radius 2 is 2.28 bits per heavy atom. The zero-order chi connectivity index (χ0) is 13.1. The molecule has 0 radical (unpaired) electrons. The largest absolute Gasteiger partial charge is 0.383 e. The van der Waals surface area contributed by atoms with Crippen LogP contribution in [0.5, 0.6) is 0 Å². The van der Waals surface area contributed by atoms with Crippen LogP contribution in [0.4, 0.5) is 4.79 Å². The summed E-state index contributed by atoms with van der Waals surface area (Å²) in [6, 6.07) is 0.208. The Labute approximate surface area is 107 Å². The summed E-state index contributed by atoms with van der Waals surface area (Å²) in [7, 11) is 1.61. The second-order valence-electron chi connectivity index (χ2n) is 4.94. The number of hydrogen-bond acceptors (Lipinski definition) is 3. The van der Waals surface area contributed by atoms with E-state index in [-0.39, 0.29) is 24.5 Å². The van der Waals surface area contributed by atoms with Crippen LogP contribution in [0, 0.1) is 0 Å². The molecule has 1 aliphatic carbocycles. The third kappa shape index (κ3) is 2.93. The average molecular weight is 255 g/mol. The molecule has 1 atom stereocenters. The molecule has 6 heteroatoms. The molecule has 1 saturated carbocycles. The van der Waals surface area contributed by atoms with Crippen molar-refractivity contribution in [2.24, 2.45) is 0 Å². The maximum atomic E-state index is 12.0. The molecule has 3 amide bonds. The molecule has 2 aliphatic rings. The van der Waals surface area contributed by atoms with Crippen LogP contribution in [0.1, 0.15) is 26.2 Å². The third-order valence-electron chi connectivity index (χ3n) is 3.43. The van der Waals surface area contributed by atoms with Gasteiger partial charge in [-0.25, -0.2) is 4.79 Å². The topological polar surface area (TPSA) is 61.9 Å². The van der Waals surface area contributed by atoms with Crippen LogP contribution >= 0.6 is 0 Å². The summed E-state index contributed by atoms with van der Waals surface area (Å²) in [4.78, 5) is 27.1. The Hall–Kier alpha value is -1.30. The van der Waals surface area contributed by atoms with E-state index in [0.29, 0.717) is 19.3 Å². The molecule has 18 heavy (non-hydrogen) atoms. The maximum Gasteiger partial charge on any atom is 0.319 e. The van der Waals surface area contributed by atoms with Gasteiger partial charge in [-0.1, -0.05) is 6.92 Å². The summed E-state index contributed by atoms with van der Waals surface area (Å²) in [5, 5.41) is 2.89. The summed E-state index contributed by atoms with van der Waals surface area (Å²) in [6.45, 7) is 3.12. The fraction of sp³-hybridized carbons (Fsp3) is 0.833. The molecule has 1 aliphatic heterocycles. The lowest BCUT2D eigenvalue weighted by Gasteiger charge is -2.22. The molecule has 0 spiro atoms. The van der Waals surface area contributed by atoms with E-state index < -0.39 is 0 Å². The zero-order valence-electron chi connectivity index (χ0n) is 11.0. The van der Waals surface area contributed by atoms with Gasteiger partial charge in [0.2, 0.25) is 5.91 Å². The Morgan fingerprint density at radius 3 is 2.83 bits per heavy atom. The van der Waals surface area contributed by atoms with Crippen LogP contribution in [0.3, 0.4) is 0 Å². The number of amides is 3. The average Bonchev–Trinajstić information content (AvgIpc) is 3.12. The van der Waals surface area contributed by atoms with E-state index in [1.165, 1.54) is 0 Å². The number of urea groups is 1. The first-order valence-corrected chi connectivity index (χ1v) is 6.49. The molecule has 0 aromatic rings. The summed E-state index contributed by atoms with van der Waals surface area (Å²) in [5.74, 6) is 0.0624. The summed E-state index contributed by atoms with van der Waals surface area (Å²) in [6.07, 6.45) is 2.96. The van der Waals surface area contributed by atoms with Gasteiger partial charge in [0, 0.05) is 13.2 Å². The first-order chi connectivity index (χ1) is 8.65. The minimum Gasteiger partial charge on any atom is -0.383 e. The number of rotatable bonds is 5. The van der Waals surface area contributed by atoms with Crippen molar-refractivity contribution in [1.82, 2.24) is 15.1 Å². The summed E-state index contributed by atoms with van der Waals surface area (Å²) in [5.41, 5.74) is 0. The first kappa shape index (κ1) is 13.1. The van der Waals surface area contributed by atoms with Gasteiger partial charge in [0.15, 0.2) is 0 Å². The maximum absolute atomic E-state index is 12.0. The van der Waals surface area contributed by atoms with Crippen molar-refractivity contribution in [2.45, 2.75) is 38.3 Å². The van der Waals surface area contributed by atoms with Crippen LogP contribution in [0.15, 0.2) is 0 Å². The first-order valence-electron chi connectivity index (χ1n) is 6.49. The SMILES string of the molecule is CCC(COC)NC(=O)N1CC(=O)N(C2CC2)C1. The molecule has 0 aromatic carbocycles. The number of methoxy groups -OCH3 is 1. The monoisotopic (exact) mass is 255 g/mol. The van der Waals surface area contributed by atoms with Gasteiger partial charge in [0.05, 0.1) is 19.3 Å². The number of carbonyl (C=O) groups is 2. The fourth-order valence-electron chi connectivity index (χ4n) is 2.14. The molecule has 2 rings (SSSR count). The van der Waals surface area contributed by atoms with Crippen molar-refractivity contribution in [3.63, 3.8) is 0 Å². The zero-order valence-corrected chi connectivity index (χ0v) is 11.0. The molecule has 0 aromatic heterocycles. The molecule has 0 bridgehead atoms. The van der Waals surface area contributed by atoms with Gasteiger partial charge >= 0.3 is 6.03 Å². The fourth-order valence-corrected chi connectivity index (χ4v) is 2.14. The number of ether oxygens (including phenoxy) is 1. The lowest BCUT2D eigenvalue weighted by molar-refractivity contribution is -0.127.